The Morgan fingerprint density at radius 3 is 2.43 bits per heavy atom. The van der Waals surface area contributed by atoms with E-state index in [0.29, 0.717) is 23.4 Å². The molecule has 118 valence electrons. The third-order valence-corrected chi connectivity index (χ3v) is 3.34. The van der Waals surface area contributed by atoms with E-state index in [1.165, 1.54) is 0 Å². The first-order chi connectivity index (χ1) is 9.90. The zero-order valence-corrected chi connectivity index (χ0v) is 13.4. The fourth-order valence-electron chi connectivity index (χ4n) is 2.12. The van der Waals surface area contributed by atoms with Gasteiger partial charge in [-0.25, -0.2) is 4.98 Å². The van der Waals surface area contributed by atoms with E-state index >= 15 is 0 Å². The third-order valence-electron chi connectivity index (χ3n) is 3.34. The standard InChI is InChI=1S/C14H25N5O2/c1-6-8-15-14-16-10(5)12(19(20)21)13(18-14)17-11(7-2)9(3)4/h9,11H,6-8H2,1-5H3,(H2,15,16,17,18). The molecule has 1 aromatic heterocycles. The minimum atomic E-state index is -0.422. The number of hydrogen-bond donors (Lipinski definition) is 2. The molecule has 0 amide bonds. The molecule has 2 N–H and O–H groups in total. The lowest BCUT2D eigenvalue weighted by molar-refractivity contribution is -0.385. The van der Waals surface area contributed by atoms with Gasteiger partial charge in [-0.1, -0.05) is 27.7 Å². The van der Waals surface area contributed by atoms with Crippen LogP contribution in [0.15, 0.2) is 0 Å². The normalized spacial score (nSPS) is 12.3. The molecule has 1 unspecified atom stereocenters. The summed E-state index contributed by atoms with van der Waals surface area (Å²) in [6.45, 7) is 10.6. The second-order valence-electron chi connectivity index (χ2n) is 5.42. The minimum absolute atomic E-state index is 0.0452. The van der Waals surface area contributed by atoms with Crippen molar-refractivity contribution < 1.29 is 4.92 Å². The molecule has 0 aliphatic heterocycles. The van der Waals surface area contributed by atoms with Crippen molar-refractivity contribution in [3.63, 3.8) is 0 Å². The summed E-state index contributed by atoms with van der Waals surface area (Å²) in [5, 5.41) is 17.6. The van der Waals surface area contributed by atoms with Crippen molar-refractivity contribution in [2.45, 2.75) is 53.5 Å². The maximum Gasteiger partial charge on any atom is 0.332 e. The van der Waals surface area contributed by atoms with Gasteiger partial charge in [0.25, 0.3) is 0 Å². The average molecular weight is 295 g/mol. The van der Waals surface area contributed by atoms with Gasteiger partial charge in [0.15, 0.2) is 0 Å². The molecular formula is C14H25N5O2. The van der Waals surface area contributed by atoms with Crippen LogP contribution in [0, 0.1) is 23.0 Å². The molecule has 7 heteroatoms. The van der Waals surface area contributed by atoms with Crippen LogP contribution in [-0.4, -0.2) is 27.5 Å². The van der Waals surface area contributed by atoms with Crippen molar-refractivity contribution >= 4 is 17.5 Å². The van der Waals surface area contributed by atoms with Crippen LogP contribution in [0.3, 0.4) is 0 Å². The van der Waals surface area contributed by atoms with E-state index in [1.54, 1.807) is 6.92 Å². The molecule has 0 radical (unpaired) electrons. The summed E-state index contributed by atoms with van der Waals surface area (Å²) < 4.78 is 0. The summed E-state index contributed by atoms with van der Waals surface area (Å²) in [4.78, 5) is 19.3. The Balaban J connectivity index is 3.17. The Kier molecular flexibility index (Phi) is 6.33. The van der Waals surface area contributed by atoms with Crippen LogP contribution in [0.5, 0.6) is 0 Å². The molecule has 1 heterocycles. The van der Waals surface area contributed by atoms with Gasteiger partial charge in [-0.15, -0.1) is 0 Å². The van der Waals surface area contributed by atoms with Crippen molar-refractivity contribution in [2.75, 3.05) is 17.2 Å². The largest absolute Gasteiger partial charge is 0.361 e. The lowest BCUT2D eigenvalue weighted by Gasteiger charge is -2.21. The molecule has 0 aliphatic rings. The number of nitrogens with zero attached hydrogens (tertiary/aromatic N) is 3. The van der Waals surface area contributed by atoms with E-state index < -0.39 is 4.92 Å². The molecule has 1 rings (SSSR count). The summed E-state index contributed by atoms with van der Waals surface area (Å²) in [5.74, 6) is 1.09. The Labute approximate surface area is 125 Å². The molecule has 1 atom stereocenters. The van der Waals surface area contributed by atoms with Gasteiger partial charge in [0.2, 0.25) is 11.8 Å². The average Bonchev–Trinajstić information content (AvgIpc) is 2.41. The second-order valence-corrected chi connectivity index (χ2v) is 5.42. The highest BCUT2D eigenvalue weighted by molar-refractivity contribution is 5.61. The summed E-state index contributed by atoms with van der Waals surface area (Å²) in [5.41, 5.74) is 0.325. The quantitative estimate of drug-likeness (QED) is 0.564. The van der Waals surface area contributed by atoms with Crippen molar-refractivity contribution in [1.29, 1.82) is 0 Å². The number of aryl methyl sites for hydroxylation is 1. The van der Waals surface area contributed by atoms with Crippen LogP contribution in [0.25, 0.3) is 0 Å². The van der Waals surface area contributed by atoms with Gasteiger partial charge >= 0.3 is 5.69 Å². The van der Waals surface area contributed by atoms with Crippen LogP contribution in [0.1, 0.15) is 46.2 Å². The first kappa shape index (κ1) is 17.1. The smallest absolute Gasteiger partial charge is 0.332 e. The number of nitro groups is 1. The maximum absolute atomic E-state index is 11.3. The van der Waals surface area contributed by atoms with Crippen molar-refractivity contribution in [3.8, 4) is 0 Å². The molecule has 0 saturated carbocycles. The molecule has 0 fully saturated rings. The maximum atomic E-state index is 11.3. The van der Waals surface area contributed by atoms with E-state index in [-0.39, 0.29) is 11.7 Å². The molecular weight excluding hydrogens is 270 g/mol. The van der Waals surface area contributed by atoms with Crippen LogP contribution >= 0.6 is 0 Å². The van der Waals surface area contributed by atoms with E-state index in [4.69, 9.17) is 0 Å². The predicted molar refractivity (Wildman–Crippen MR) is 84.7 cm³/mol. The second kappa shape index (κ2) is 7.75. The molecule has 0 aromatic carbocycles. The van der Waals surface area contributed by atoms with E-state index in [2.05, 4.69) is 34.4 Å². The number of aromatic nitrogens is 2. The Hall–Kier alpha value is -1.92. The summed E-state index contributed by atoms with van der Waals surface area (Å²) in [6, 6.07) is 0.136. The topological polar surface area (TPSA) is 93.0 Å². The molecule has 1 aromatic rings. The molecule has 0 saturated heterocycles. The van der Waals surface area contributed by atoms with Crippen molar-refractivity contribution in [2.24, 2.45) is 5.92 Å². The van der Waals surface area contributed by atoms with E-state index in [1.807, 2.05) is 13.8 Å². The SMILES string of the molecule is CCCNc1nc(C)c([N+](=O)[O-])c(NC(CC)C(C)C)n1. The van der Waals surface area contributed by atoms with E-state index in [9.17, 15) is 10.1 Å². The summed E-state index contributed by atoms with van der Waals surface area (Å²) >= 11 is 0. The van der Waals surface area contributed by atoms with E-state index in [0.717, 1.165) is 19.4 Å². The third kappa shape index (κ3) is 4.54. The lowest BCUT2D eigenvalue weighted by Crippen LogP contribution is -2.26. The fourth-order valence-corrected chi connectivity index (χ4v) is 2.12. The highest BCUT2D eigenvalue weighted by Gasteiger charge is 2.24. The van der Waals surface area contributed by atoms with Gasteiger partial charge in [-0.2, -0.15) is 4.98 Å². The predicted octanol–water partition coefficient (Wildman–Crippen LogP) is 3.36. The Bertz CT molecular complexity index is 490. The van der Waals surface area contributed by atoms with Crippen LogP contribution in [-0.2, 0) is 0 Å². The lowest BCUT2D eigenvalue weighted by atomic mass is 10.0. The minimum Gasteiger partial charge on any atom is -0.361 e. The highest BCUT2D eigenvalue weighted by atomic mass is 16.6. The van der Waals surface area contributed by atoms with Crippen LogP contribution in [0.2, 0.25) is 0 Å². The number of nitrogens with one attached hydrogen (secondary N) is 2. The van der Waals surface area contributed by atoms with Gasteiger partial charge in [0.05, 0.1) is 4.92 Å². The zero-order valence-electron chi connectivity index (χ0n) is 13.4. The van der Waals surface area contributed by atoms with Crippen molar-refractivity contribution in [3.05, 3.63) is 15.8 Å². The number of anilines is 2. The summed E-state index contributed by atoms with van der Waals surface area (Å²) in [7, 11) is 0. The Morgan fingerprint density at radius 1 is 1.29 bits per heavy atom. The summed E-state index contributed by atoms with van der Waals surface area (Å²) in [6.07, 6.45) is 1.81. The van der Waals surface area contributed by atoms with Crippen LogP contribution < -0.4 is 10.6 Å². The number of rotatable bonds is 8. The molecule has 21 heavy (non-hydrogen) atoms. The van der Waals surface area contributed by atoms with Gasteiger partial charge in [0, 0.05) is 12.6 Å². The molecule has 0 bridgehead atoms. The van der Waals surface area contributed by atoms with Gasteiger partial charge in [-0.05, 0) is 25.7 Å². The zero-order chi connectivity index (χ0) is 16.0. The Morgan fingerprint density at radius 2 is 1.95 bits per heavy atom. The fraction of sp³-hybridized carbons (Fsp3) is 0.714. The number of hydrogen-bond acceptors (Lipinski definition) is 6. The van der Waals surface area contributed by atoms with Crippen LogP contribution in [0.4, 0.5) is 17.5 Å². The highest BCUT2D eigenvalue weighted by Crippen LogP contribution is 2.28. The monoisotopic (exact) mass is 295 g/mol. The van der Waals surface area contributed by atoms with Gasteiger partial charge in [-0.3, -0.25) is 10.1 Å². The van der Waals surface area contributed by atoms with Gasteiger partial charge < -0.3 is 10.6 Å². The first-order valence-corrected chi connectivity index (χ1v) is 7.44. The molecule has 7 nitrogen and oxygen atoms in total. The molecule has 0 spiro atoms. The first-order valence-electron chi connectivity index (χ1n) is 7.44. The molecule has 0 aliphatic carbocycles. The van der Waals surface area contributed by atoms with Gasteiger partial charge in [0.1, 0.15) is 5.69 Å². The van der Waals surface area contributed by atoms with Crippen molar-refractivity contribution in [1.82, 2.24) is 9.97 Å².